The van der Waals surface area contributed by atoms with E-state index in [0.29, 0.717) is 54.6 Å². The normalized spacial score (nSPS) is 12.6. The Labute approximate surface area is 173 Å². The number of nitrogens with one attached hydrogen (secondary N) is 1. The molecule has 156 valence electrons. The van der Waals surface area contributed by atoms with Crippen molar-refractivity contribution in [3.63, 3.8) is 0 Å². The van der Waals surface area contributed by atoms with Crippen molar-refractivity contribution in [3.05, 3.63) is 42.0 Å². The molecule has 9 heteroatoms. The molecule has 1 aliphatic rings. The van der Waals surface area contributed by atoms with Gasteiger partial charge in [0.25, 0.3) is 5.91 Å². The number of hydrogen-bond acceptors (Lipinski definition) is 6. The highest BCUT2D eigenvalue weighted by Crippen LogP contribution is 2.32. The fourth-order valence-electron chi connectivity index (χ4n) is 3.34. The SMILES string of the molecule is CCN(CC(=O)Nc1ccc2c(c1)OCCO2)C(=O)c1ccc2c(c1)nnn2CC. The molecule has 0 bridgehead atoms. The molecule has 4 rings (SSSR count). The van der Waals surface area contributed by atoms with Crippen molar-refractivity contribution in [1.29, 1.82) is 0 Å². The van der Waals surface area contributed by atoms with Crippen molar-refractivity contribution in [2.45, 2.75) is 20.4 Å². The highest BCUT2D eigenvalue weighted by atomic mass is 16.6. The number of amides is 2. The minimum atomic E-state index is -0.292. The molecule has 1 aliphatic heterocycles. The van der Waals surface area contributed by atoms with Crippen LogP contribution in [0.1, 0.15) is 24.2 Å². The van der Waals surface area contributed by atoms with Crippen LogP contribution < -0.4 is 14.8 Å². The lowest BCUT2D eigenvalue weighted by Crippen LogP contribution is -2.37. The Morgan fingerprint density at radius 2 is 1.90 bits per heavy atom. The summed E-state index contributed by atoms with van der Waals surface area (Å²) in [5.74, 6) is 0.721. The first-order chi connectivity index (χ1) is 14.6. The number of carbonyl (C=O) groups excluding carboxylic acids is 2. The Bertz CT molecular complexity index is 1090. The summed E-state index contributed by atoms with van der Waals surface area (Å²) in [6.45, 7) is 5.82. The minimum absolute atomic E-state index is 0.0660. The first-order valence-corrected chi connectivity index (χ1v) is 9.91. The lowest BCUT2D eigenvalue weighted by Gasteiger charge is -2.21. The van der Waals surface area contributed by atoms with Crippen LogP contribution in [-0.2, 0) is 11.3 Å². The molecule has 0 unspecified atom stereocenters. The molecule has 3 aromatic rings. The second kappa shape index (κ2) is 8.40. The first kappa shape index (κ1) is 19.7. The van der Waals surface area contributed by atoms with Gasteiger partial charge in [0.15, 0.2) is 11.5 Å². The zero-order valence-corrected chi connectivity index (χ0v) is 16.9. The number of nitrogens with zero attached hydrogens (tertiary/aromatic N) is 4. The number of fused-ring (bicyclic) bond motifs is 2. The van der Waals surface area contributed by atoms with Crippen LogP contribution in [0, 0.1) is 0 Å². The van der Waals surface area contributed by atoms with Crippen LogP contribution in [0.3, 0.4) is 0 Å². The summed E-state index contributed by atoms with van der Waals surface area (Å²) < 4.78 is 12.8. The van der Waals surface area contributed by atoms with E-state index in [0.717, 1.165) is 5.52 Å². The smallest absolute Gasteiger partial charge is 0.254 e. The van der Waals surface area contributed by atoms with Gasteiger partial charge >= 0.3 is 0 Å². The Hall–Kier alpha value is -3.62. The van der Waals surface area contributed by atoms with Gasteiger partial charge in [-0.15, -0.1) is 5.10 Å². The van der Waals surface area contributed by atoms with Gasteiger partial charge in [0.1, 0.15) is 25.3 Å². The molecule has 0 aliphatic carbocycles. The van der Waals surface area contributed by atoms with Crippen LogP contribution in [0.15, 0.2) is 36.4 Å². The fourth-order valence-corrected chi connectivity index (χ4v) is 3.34. The first-order valence-electron chi connectivity index (χ1n) is 9.91. The molecule has 2 aromatic carbocycles. The number of likely N-dealkylation sites (N-methyl/N-ethyl adjacent to an activating group) is 1. The molecule has 30 heavy (non-hydrogen) atoms. The fraction of sp³-hybridized carbons (Fsp3) is 0.333. The minimum Gasteiger partial charge on any atom is -0.486 e. The molecule has 0 radical (unpaired) electrons. The molecular formula is C21H23N5O4. The Morgan fingerprint density at radius 1 is 1.10 bits per heavy atom. The molecule has 0 atom stereocenters. The molecule has 9 nitrogen and oxygen atoms in total. The van der Waals surface area contributed by atoms with Gasteiger partial charge in [-0.3, -0.25) is 9.59 Å². The largest absolute Gasteiger partial charge is 0.486 e. The van der Waals surface area contributed by atoms with Gasteiger partial charge < -0.3 is 19.7 Å². The highest BCUT2D eigenvalue weighted by molar-refractivity contribution is 6.01. The van der Waals surface area contributed by atoms with E-state index >= 15 is 0 Å². The van der Waals surface area contributed by atoms with Crippen molar-refractivity contribution in [2.24, 2.45) is 0 Å². The third-order valence-electron chi connectivity index (χ3n) is 4.89. The van der Waals surface area contributed by atoms with E-state index in [1.165, 1.54) is 4.90 Å². The van der Waals surface area contributed by atoms with Crippen LogP contribution in [-0.4, -0.2) is 58.0 Å². The number of aromatic nitrogens is 3. The molecule has 0 saturated heterocycles. The van der Waals surface area contributed by atoms with E-state index in [4.69, 9.17) is 9.47 Å². The lowest BCUT2D eigenvalue weighted by molar-refractivity contribution is -0.116. The maximum absolute atomic E-state index is 12.9. The molecule has 2 amide bonds. The number of benzene rings is 2. The van der Waals surface area contributed by atoms with E-state index in [2.05, 4.69) is 15.6 Å². The van der Waals surface area contributed by atoms with Gasteiger partial charge in [0, 0.05) is 30.4 Å². The third-order valence-corrected chi connectivity index (χ3v) is 4.89. The summed E-state index contributed by atoms with van der Waals surface area (Å²) in [5, 5.41) is 11.0. The monoisotopic (exact) mass is 409 g/mol. The zero-order chi connectivity index (χ0) is 21.1. The number of ether oxygens (including phenoxy) is 2. The summed E-state index contributed by atoms with van der Waals surface area (Å²) in [5.41, 5.74) is 2.58. The molecule has 0 fully saturated rings. The quantitative estimate of drug-likeness (QED) is 0.671. The number of hydrogen-bond donors (Lipinski definition) is 1. The van der Waals surface area contributed by atoms with Crippen molar-refractivity contribution >= 4 is 28.5 Å². The van der Waals surface area contributed by atoms with Crippen LogP contribution in [0.5, 0.6) is 11.5 Å². The van der Waals surface area contributed by atoms with Gasteiger partial charge in [-0.25, -0.2) is 4.68 Å². The zero-order valence-electron chi connectivity index (χ0n) is 16.9. The van der Waals surface area contributed by atoms with Gasteiger partial charge in [-0.1, -0.05) is 5.21 Å². The topological polar surface area (TPSA) is 98.6 Å². The average molecular weight is 409 g/mol. The Kier molecular flexibility index (Phi) is 5.51. The molecule has 0 saturated carbocycles. The number of anilines is 1. The highest BCUT2D eigenvalue weighted by Gasteiger charge is 2.19. The number of carbonyl (C=O) groups is 2. The Morgan fingerprint density at radius 3 is 2.67 bits per heavy atom. The molecule has 1 aromatic heterocycles. The van der Waals surface area contributed by atoms with E-state index in [-0.39, 0.29) is 18.4 Å². The third kappa shape index (κ3) is 3.91. The molecule has 0 spiro atoms. The van der Waals surface area contributed by atoms with E-state index in [9.17, 15) is 9.59 Å². The summed E-state index contributed by atoms with van der Waals surface area (Å²) >= 11 is 0. The second-order valence-electron chi connectivity index (χ2n) is 6.83. The van der Waals surface area contributed by atoms with E-state index in [1.54, 1.807) is 35.0 Å². The van der Waals surface area contributed by atoms with Crippen molar-refractivity contribution in [3.8, 4) is 11.5 Å². The van der Waals surface area contributed by atoms with Crippen LogP contribution in [0.4, 0.5) is 5.69 Å². The van der Waals surface area contributed by atoms with Crippen LogP contribution in [0.25, 0.3) is 11.0 Å². The summed E-state index contributed by atoms with van der Waals surface area (Å²) in [7, 11) is 0. The van der Waals surface area contributed by atoms with Gasteiger partial charge in [-0.2, -0.15) is 0 Å². The van der Waals surface area contributed by atoms with Crippen molar-refractivity contribution in [1.82, 2.24) is 19.9 Å². The Balaban J connectivity index is 1.44. The lowest BCUT2D eigenvalue weighted by atomic mass is 10.1. The maximum Gasteiger partial charge on any atom is 0.254 e. The van der Waals surface area contributed by atoms with Crippen molar-refractivity contribution in [2.75, 3.05) is 31.6 Å². The van der Waals surface area contributed by atoms with E-state index in [1.807, 2.05) is 19.9 Å². The van der Waals surface area contributed by atoms with Crippen LogP contribution >= 0.6 is 0 Å². The maximum atomic E-state index is 12.9. The summed E-state index contributed by atoms with van der Waals surface area (Å²) in [6.07, 6.45) is 0. The second-order valence-corrected chi connectivity index (χ2v) is 6.83. The van der Waals surface area contributed by atoms with Crippen LogP contribution in [0.2, 0.25) is 0 Å². The van der Waals surface area contributed by atoms with Gasteiger partial charge in [-0.05, 0) is 44.2 Å². The van der Waals surface area contributed by atoms with Gasteiger partial charge in [0.05, 0.1) is 5.52 Å². The summed E-state index contributed by atoms with van der Waals surface area (Å²) in [4.78, 5) is 27.0. The average Bonchev–Trinajstić information content (AvgIpc) is 3.19. The molecule has 2 heterocycles. The van der Waals surface area contributed by atoms with Crippen molar-refractivity contribution < 1.29 is 19.1 Å². The number of aryl methyl sites for hydroxylation is 1. The molecular weight excluding hydrogens is 386 g/mol. The van der Waals surface area contributed by atoms with E-state index < -0.39 is 0 Å². The summed E-state index contributed by atoms with van der Waals surface area (Å²) in [6, 6.07) is 10.5. The predicted octanol–water partition coefficient (Wildman–Crippen LogP) is 2.32. The standard InChI is InChI=1S/C21H23N5O4/c1-3-25(21(28)14-5-7-17-16(11-14)23-24-26(17)4-2)13-20(27)22-15-6-8-18-19(12-15)30-10-9-29-18/h5-8,11-12H,3-4,9-10,13H2,1-2H3,(H,22,27). The van der Waals surface area contributed by atoms with Gasteiger partial charge in [0.2, 0.25) is 5.91 Å². The molecule has 1 N–H and O–H groups in total. The predicted molar refractivity (Wildman–Crippen MR) is 111 cm³/mol. The number of rotatable bonds is 6.